The maximum absolute atomic E-state index is 13.3. The van der Waals surface area contributed by atoms with Crippen LogP contribution in [0.5, 0.6) is 0 Å². The molecule has 0 aliphatic rings. The highest BCUT2D eigenvalue weighted by Crippen LogP contribution is 2.17. The van der Waals surface area contributed by atoms with Gasteiger partial charge in [-0.2, -0.15) is 5.10 Å². The Balaban J connectivity index is 0.00000320. The molecule has 0 saturated heterocycles. The Morgan fingerprint density at radius 2 is 1.73 bits per heavy atom. The van der Waals surface area contributed by atoms with Crippen molar-refractivity contribution in [1.82, 2.24) is 20.4 Å². The minimum Gasteiger partial charge on any atom is -0.356 e. The van der Waals surface area contributed by atoms with Crippen LogP contribution in [0.15, 0.2) is 53.5 Å². The molecule has 0 fully saturated rings. The van der Waals surface area contributed by atoms with Crippen LogP contribution in [0.2, 0.25) is 0 Å². The number of para-hydroxylation sites is 1. The number of hydrogen-bond acceptors (Lipinski definition) is 2. The summed E-state index contributed by atoms with van der Waals surface area (Å²) in [6.07, 6.45) is 0.484. The van der Waals surface area contributed by atoms with Crippen LogP contribution in [0, 0.1) is 25.5 Å². The van der Waals surface area contributed by atoms with Crippen molar-refractivity contribution in [1.29, 1.82) is 0 Å². The summed E-state index contributed by atoms with van der Waals surface area (Å²) in [4.78, 5) is 4.22. The fraction of sp³-hybridized carbons (Fsp3) is 0.273. The van der Waals surface area contributed by atoms with E-state index in [1.165, 1.54) is 12.1 Å². The summed E-state index contributed by atoms with van der Waals surface area (Å²) < 4.78 is 28.5. The molecule has 0 aliphatic carbocycles. The summed E-state index contributed by atoms with van der Waals surface area (Å²) >= 11 is 0. The largest absolute Gasteiger partial charge is 0.356 e. The number of hydrogen-bond donors (Lipinski definition) is 2. The summed E-state index contributed by atoms with van der Waals surface area (Å²) in [5.41, 5.74) is 4.72. The zero-order chi connectivity index (χ0) is 20.8. The molecule has 0 spiro atoms. The van der Waals surface area contributed by atoms with E-state index in [1.54, 1.807) is 7.05 Å². The van der Waals surface area contributed by atoms with Gasteiger partial charge in [0.25, 0.3) is 0 Å². The Morgan fingerprint density at radius 1 is 1.03 bits per heavy atom. The van der Waals surface area contributed by atoms with Crippen molar-refractivity contribution < 1.29 is 8.78 Å². The third kappa shape index (κ3) is 6.25. The number of aromatic nitrogens is 2. The van der Waals surface area contributed by atoms with E-state index in [9.17, 15) is 8.78 Å². The van der Waals surface area contributed by atoms with Crippen LogP contribution in [0.1, 0.15) is 22.5 Å². The molecule has 160 valence electrons. The molecular weight excluding hydrogens is 499 g/mol. The zero-order valence-corrected chi connectivity index (χ0v) is 19.6. The molecule has 30 heavy (non-hydrogen) atoms. The van der Waals surface area contributed by atoms with Crippen molar-refractivity contribution in [3.05, 3.63) is 82.7 Å². The van der Waals surface area contributed by atoms with Crippen molar-refractivity contribution in [3.8, 4) is 5.69 Å². The minimum absolute atomic E-state index is 0. The van der Waals surface area contributed by atoms with Crippen LogP contribution in [0.4, 0.5) is 8.78 Å². The Hall–Kier alpha value is -2.49. The minimum atomic E-state index is -0.566. The second-order valence-corrected chi connectivity index (χ2v) is 6.85. The number of nitrogens with zero attached hydrogens (tertiary/aromatic N) is 3. The fourth-order valence-corrected chi connectivity index (χ4v) is 3.22. The van der Waals surface area contributed by atoms with Gasteiger partial charge in [-0.15, -0.1) is 24.0 Å². The van der Waals surface area contributed by atoms with Crippen molar-refractivity contribution in [3.63, 3.8) is 0 Å². The van der Waals surface area contributed by atoms with E-state index < -0.39 is 11.6 Å². The first-order valence-electron chi connectivity index (χ1n) is 9.47. The van der Waals surface area contributed by atoms with Crippen LogP contribution in [-0.2, 0) is 13.0 Å². The lowest BCUT2D eigenvalue weighted by Crippen LogP contribution is -2.38. The summed E-state index contributed by atoms with van der Waals surface area (Å²) in [7, 11) is 1.68. The number of guanidine groups is 1. The van der Waals surface area contributed by atoms with Gasteiger partial charge in [0, 0.05) is 31.9 Å². The van der Waals surface area contributed by atoms with Gasteiger partial charge in [-0.3, -0.25) is 4.99 Å². The molecule has 3 aromatic rings. The van der Waals surface area contributed by atoms with Gasteiger partial charge in [-0.25, -0.2) is 13.5 Å². The van der Waals surface area contributed by atoms with Crippen LogP contribution in [-0.4, -0.2) is 29.3 Å². The lowest BCUT2D eigenvalue weighted by atomic mass is 10.1. The first-order valence-corrected chi connectivity index (χ1v) is 9.47. The molecule has 5 nitrogen and oxygen atoms in total. The maximum atomic E-state index is 13.3. The van der Waals surface area contributed by atoms with Crippen LogP contribution >= 0.6 is 24.0 Å². The molecule has 0 unspecified atom stereocenters. The molecule has 0 amide bonds. The summed E-state index contributed by atoms with van der Waals surface area (Å²) in [6, 6.07) is 13.6. The Morgan fingerprint density at radius 3 is 2.37 bits per heavy atom. The lowest BCUT2D eigenvalue weighted by molar-refractivity contribution is 0.579. The van der Waals surface area contributed by atoms with E-state index in [-0.39, 0.29) is 24.0 Å². The Bertz CT molecular complexity index is 996. The third-order valence-electron chi connectivity index (χ3n) is 4.53. The highest BCUT2D eigenvalue weighted by Gasteiger charge is 2.09. The van der Waals surface area contributed by atoms with Crippen molar-refractivity contribution in [2.75, 3.05) is 13.6 Å². The van der Waals surface area contributed by atoms with Crippen molar-refractivity contribution in [2.24, 2.45) is 4.99 Å². The molecule has 1 aromatic heterocycles. The quantitative estimate of drug-likeness (QED) is 0.287. The van der Waals surface area contributed by atoms with Gasteiger partial charge in [0.2, 0.25) is 0 Å². The second-order valence-electron chi connectivity index (χ2n) is 6.85. The molecule has 0 atom stereocenters. The normalized spacial score (nSPS) is 11.2. The Labute approximate surface area is 192 Å². The highest BCUT2D eigenvalue weighted by molar-refractivity contribution is 14.0. The molecule has 2 N–H and O–H groups in total. The van der Waals surface area contributed by atoms with Crippen LogP contribution in [0.25, 0.3) is 5.69 Å². The molecular formula is C22H26F2IN5. The lowest BCUT2D eigenvalue weighted by Gasteiger charge is -2.15. The van der Waals surface area contributed by atoms with E-state index in [1.807, 2.05) is 48.9 Å². The molecule has 2 aromatic carbocycles. The van der Waals surface area contributed by atoms with E-state index in [0.29, 0.717) is 31.0 Å². The number of nitrogens with one attached hydrogen (secondary N) is 2. The van der Waals surface area contributed by atoms with Gasteiger partial charge in [0.05, 0.1) is 11.4 Å². The second kappa shape index (κ2) is 11.1. The molecule has 0 radical (unpaired) electrons. The predicted molar refractivity (Wildman–Crippen MR) is 127 cm³/mol. The predicted octanol–water partition coefficient (Wildman–Crippen LogP) is 4.29. The Kier molecular flexibility index (Phi) is 8.76. The van der Waals surface area contributed by atoms with E-state index in [2.05, 4.69) is 20.7 Å². The first kappa shape index (κ1) is 23.8. The molecule has 0 bridgehead atoms. The number of rotatable bonds is 6. The molecule has 8 heteroatoms. The van der Waals surface area contributed by atoms with Gasteiger partial charge in [0.15, 0.2) is 5.96 Å². The highest BCUT2D eigenvalue weighted by atomic mass is 127. The number of benzene rings is 2. The van der Waals surface area contributed by atoms with E-state index in [0.717, 1.165) is 28.7 Å². The number of aryl methyl sites for hydroxylation is 2. The van der Waals surface area contributed by atoms with Crippen molar-refractivity contribution >= 4 is 29.9 Å². The monoisotopic (exact) mass is 525 g/mol. The van der Waals surface area contributed by atoms with E-state index >= 15 is 0 Å². The summed E-state index contributed by atoms with van der Waals surface area (Å²) in [6.45, 7) is 5.06. The van der Waals surface area contributed by atoms with Crippen molar-refractivity contribution in [2.45, 2.75) is 26.8 Å². The van der Waals surface area contributed by atoms with Gasteiger partial charge in [-0.1, -0.05) is 18.2 Å². The van der Waals surface area contributed by atoms with Gasteiger partial charge in [-0.05, 0) is 55.7 Å². The smallest absolute Gasteiger partial charge is 0.191 e. The first-order chi connectivity index (χ1) is 14.0. The number of aliphatic imine (C=N–C) groups is 1. The topological polar surface area (TPSA) is 54.2 Å². The average molecular weight is 525 g/mol. The molecule has 0 saturated carbocycles. The van der Waals surface area contributed by atoms with Gasteiger partial charge < -0.3 is 10.6 Å². The average Bonchev–Trinajstić information content (AvgIpc) is 3.02. The number of halogens is 3. The van der Waals surface area contributed by atoms with E-state index in [4.69, 9.17) is 0 Å². The van der Waals surface area contributed by atoms with Gasteiger partial charge in [0.1, 0.15) is 11.6 Å². The fourth-order valence-electron chi connectivity index (χ4n) is 3.22. The van der Waals surface area contributed by atoms with Gasteiger partial charge >= 0.3 is 0 Å². The molecule has 3 rings (SSSR count). The van der Waals surface area contributed by atoms with Crippen LogP contribution in [0.3, 0.4) is 0 Å². The summed E-state index contributed by atoms with van der Waals surface area (Å²) in [5.74, 6) is -0.517. The SMILES string of the molecule is CN=C(NCCc1cc(F)cc(F)c1)NCc1ccccc1-n1nc(C)cc1C.I. The third-order valence-corrected chi connectivity index (χ3v) is 4.53. The molecule has 0 aliphatic heterocycles. The summed E-state index contributed by atoms with van der Waals surface area (Å²) in [5, 5.41) is 11.0. The maximum Gasteiger partial charge on any atom is 0.191 e. The standard InChI is InChI=1S/C22H25F2N5.HI/c1-15-10-16(2)29(28-15)21-7-5-4-6-18(21)14-27-22(25-3)26-9-8-17-11-19(23)13-20(24)12-17;/h4-7,10-13H,8-9,14H2,1-3H3,(H2,25,26,27);1H. The zero-order valence-electron chi connectivity index (χ0n) is 17.2. The molecule has 1 heterocycles. The van der Waals surface area contributed by atoms with Crippen LogP contribution < -0.4 is 10.6 Å².